The fourth-order valence-corrected chi connectivity index (χ4v) is 1.97. The normalized spacial score (nSPS) is 10.2. The first-order valence-corrected chi connectivity index (χ1v) is 6.96. The summed E-state index contributed by atoms with van der Waals surface area (Å²) in [6.45, 7) is 1.40. The third-order valence-electron chi connectivity index (χ3n) is 2.46. The minimum Gasteiger partial charge on any atom is -0.504 e. The monoisotopic (exact) mass is 338 g/mol. The molecular formula is C12H13Cl3N2O3. The van der Waals surface area contributed by atoms with Crippen molar-refractivity contribution in [3.8, 4) is 5.75 Å². The molecule has 0 heterocycles. The van der Waals surface area contributed by atoms with E-state index in [1.165, 1.54) is 6.07 Å². The van der Waals surface area contributed by atoms with E-state index in [4.69, 9.17) is 34.8 Å². The smallest absolute Gasteiger partial charge is 0.243 e. The van der Waals surface area contributed by atoms with Gasteiger partial charge >= 0.3 is 0 Å². The van der Waals surface area contributed by atoms with Crippen molar-refractivity contribution in [3.05, 3.63) is 21.7 Å². The topological polar surface area (TPSA) is 78.4 Å². The SMILES string of the molecule is Cc1c(Cl)cc(NC(=O)CNC(=O)CCCl)c(O)c1Cl. The Hall–Kier alpha value is -1.17. The summed E-state index contributed by atoms with van der Waals surface area (Å²) in [4.78, 5) is 22.8. The van der Waals surface area contributed by atoms with Crippen molar-refractivity contribution in [2.75, 3.05) is 17.7 Å². The van der Waals surface area contributed by atoms with Crippen LogP contribution < -0.4 is 10.6 Å². The molecule has 0 atom stereocenters. The van der Waals surface area contributed by atoms with Crippen molar-refractivity contribution in [1.82, 2.24) is 5.32 Å². The average Bonchev–Trinajstić information content (AvgIpc) is 2.40. The number of hydrogen-bond acceptors (Lipinski definition) is 3. The number of halogens is 3. The number of carbonyl (C=O) groups excluding carboxylic acids is 2. The van der Waals surface area contributed by atoms with Gasteiger partial charge in [-0.15, -0.1) is 11.6 Å². The molecule has 0 spiro atoms. The molecule has 0 bridgehead atoms. The van der Waals surface area contributed by atoms with Gasteiger partial charge in [0.15, 0.2) is 5.75 Å². The van der Waals surface area contributed by atoms with Gasteiger partial charge < -0.3 is 15.7 Å². The lowest BCUT2D eigenvalue weighted by Gasteiger charge is -2.12. The van der Waals surface area contributed by atoms with Crippen molar-refractivity contribution in [2.45, 2.75) is 13.3 Å². The molecule has 8 heteroatoms. The van der Waals surface area contributed by atoms with E-state index in [2.05, 4.69) is 10.6 Å². The van der Waals surface area contributed by atoms with Crippen molar-refractivity contribution in [1.29, 1.82) is 0 Å². The first-order chi connectivity index (χ1) is 9.36. The maximum absolute atomic E-state index is 11.6. The minimum atomic E-state index is -0.515. The van der Waals surface area contributed by atoms with Crippen LogP contribution in [0.4, 0.5) is 5.69 Å². The highest BCUT2D eigenvalue weighted by molar-refractivity contribution is 6.37. The molecule has 0 aliphatic heterocycles. The molecule has 0 fully saturated rings. The second-order valence-corrected chi connectivity index (χ2v) is 5.12. The van der Waals surface area contributed by atoms with Gasteiger partial charge in [-0.2, -0.15) is 0 Å². The van der Waals surface area contributed by atoms with Crippen molar-refractivity contribution in [2.24, 2.45) is 0 Å². The third-order valence-corrected chi connectivity index (χ3v) is 3.51. The zero-order chi connectivity index (χ0) is 15.3. The van der Waals surface area contributed by atoms with Gasteiger partial charge in [-0.25, -0.2) is 0 Å². The predicted octanol–water partition coefficient (Wildman–Crippen LogP) is 2.69. The van der Waals surface area contributed by atoms with Gasteiger partial charge in [-0.05, 0) is 18.6 Å². The summed E-state index contributed by atoms with van der Waals surface area (Å²) in [5.74, 6) is -0.940. The lowest BCUT2D eigenvalue weighted by molar-refractivity contribution is -0.123. The average molecular weight is 340 g/mol. The number of phenols is 1. The van der Waals surface area contributed by atoms with Crippen LogP contribution in [-0.4, -0.2) is 29.3 Å². The first-order valence-electron chi connectivity index (χ1n) is 5.67. The standard InChI is InChI=1S/C12H13Cl3N2O3/c1-6-7(14)4-8(12(20)11(6)15)17-10(19)5-16-9(18)2-3-13/h4,20H,2-3,5H2,1H3,(H,16,18)(H,17,19). The number of hydrogen-bond donors (Lipinski definition) is 3. The zero-order valence-electron chi connectivity index (χ0n) is 10.6. The van der Waals surface area contributed by atoms with E-state index in [1.807, 2.05) is 0 Å². The Balaban J connectivity index is 2.70. The molecule has 1 aromatic rings. The van der Waals surface area contributed by atoms with Crippen LogP contribution in [0.25, 0.3) is 0 Å². The van der Waals surface area contributed by atoms with Gasteiger partial charge in [0.05, 0.1) is 17.3 Å². The predicted molar refractivity (Wildman–Crippen MR) is 79.8 cm³/mol. The van der Waals surface area contributed by atoms with Crippen molar-refractivity contribution >= 4 is 52.3 Å². The van der Waals surface area contributed by atoms with Crippen LogP contribution in [0, 0.1) is 6.92 Å². The molecule has 0 saturated heterocycles. The third kappa shape index (κ3) is 4.44. The molecule has 0 unspecified atom stereocenters. The first kappa shape index (κ1) is 16.9. The maximum Gasteiger partial charge on any atom is 0.243 e. The van der Waals surface area contributed by atoms with Crippen LogP contribution in [0.5, 0.6) is 5.75 Å². The minimum absolute atomic E-state index is 0.0685. The van der Waals surface area contributed by atoms with E-state index in [9.17, 15) is 14.7 Å². The summed E-state index contributed by atoms with van der Waals surface area (Å²) < 4.78 is 0. The lowest BCUT2D eigenvalue weighted by atomic mass is 10.2. The Morgan fingerprint density at radius 1 is 1.30 bits per heavy atom. The number of amides is 2. The van der Waals surface area contributed by atoms with Crippen LogP contribution in [0.1, 0.15) is 12.0 Å². The van der Waals surface area contributed by atoms with Gasteiger partial charge in [-0.1, -0.05) is 23.2 Å². The molecule has 1 rings (SSSR count). The van der Waals surface area contributed by atoms with E-state index in [1.54, 1.807) is 6.92 Å². The fraction of sp³-hybridized carbons (Fsp3) is 0.333. The van der Waals surface area contributed by atoms with E-state index < -0.39 is 5.91 Å². The Morgan fingerprint density at radius 2 is 1.95 bits per heavy atom. The lowest BCUT2D eigenvalue weighted by Crippen LogP contribution is -2.32. The molecule has 0 radical (unpaired) electrons. The summed E-state index contributed by atoms with van der Waals surface area (Å²) in [6.07, 6.45) is 0.127. The molecule has 2 amide bonds. The summed E-state index contributed by atoms with van der Waals surface area (Å²) in [5.41, 5.74) is 0.599. The van der Waals surface area contributed by atoms with Crippen molar-refractivity contribution < 1.29 is 14.7 Å². The Labute approximate surface area is 131 Å². The number of alkyl halides is 1. The van der Waals surface area contributed by atoms with E-state index >= 15 is 0 Å². The summed E-state index contributed by atoms with van der Waals surface area (Å²) in [6, 6.07) is 1.39. The largest absolute Gasteiger partial charge is 0.504 e. The highest BCUT2D eigenvalue weighted by Crippen LogP contribution is 2.38. The van der Waals surface area contributed by atoms with E-state index in [0.717, 1.165) is 0 Å². The number of benzene rings is 1. The molecule has 0 aliphatic rings. The molecule has 1 aromatic carbocycles. The number of phenolic OH excluding ortho intramolecular Hbond substituents is 1. The van der Waals surface area contributed by atoms with Crippen LogP contribution in [0.3, 0.4) is 0 Å². The molecule has 5 nitrogen and oxygen atoms in total. The summed E-state index contributed by atoms with van der Waals surface area (Å²) in [7, 11) is 0. The van der Waals surface area contributed by atoms with E-state index in [0.29, 0.717) is 10.6 Å². The van der Waals surface area contributed by atoms with Crippen LogP contribution in [0.15, 0.2) is 6.07 Å². The Morgan fingerprint density at radius 3 is 2.55 bits per heavy atom. The van der Waals surface area contributed by atoms with Gasteiger partial charge in [0.25, 0.3) is 0 Å². The quantitative estimate of drug-likeness (QED) is 0.570. The molecular weight excluding hydrogens is 327 g/mol. The molecule has 0 saturated carbocycles. The van der Waals surface area contributed by atoms with Gasteiger partial charge in [-0.3, -0.25) is 9.59 Å². The summed E-state index contributed by atoms with van der Waals surface area (Å²) >= 11 is 17.2. The molecule has 0 aromatic heterocycles. The second kappa shape index (κ2) is 7.57. The van der Waals surface area contributed by atoms with Crippen LogP contribution in [0.2, 0.25) is 10.0 Å². The molecule has 110 valence electrons. The number of aromatic hydroxyl groups is 1. The molecule has 0 aliphatic carbocycles. The number of carbonyl (C=O) groups is 2. The van der Waals surface area contributed by atoms with Crippen LogP contribution in [-0.2, 0) is 9.59 Å². The highest BCUT2D eigenvalue weighted by atomic mass is 35.5. The fourth-order valence-electron chi connectivity index (χ4n) is 1.35. The van der Waals surface area contributed by atoms with Gasteiger partial charge in [0.2, 0.25) is 11.8 Å². The van der Waals surface area contributed by atoms with Gasteiger partial charge in [0, 0.05) is 17.3 Å². The van der Waals surface area contributed by atoms with Gasteiger partial charge in [0.1, 0.15) is 0 Å². The van der Waals surface area contributed by atoms with E-state index in [-0.39, 0.29) is 41.2 Å². The maximum atomic E-state index is 11.6. The van der Waals surface area contributed by atoms with Crippen molar-refractivity contribution in [3.63, 3.8) is 0 Å². The number of anilines is 1. The molecule has 20 heavy (non-hydrogen) atoms. The zero-order valence-corrected chi connectivity index (χ0v) is 12.9. The Kier molecular flexibility index (Phi) is 6.39. The number of nitrogens with one attached hydrogen (secondary N) is 2. The molecule has 3 N–H and O–H groups in total. The Bertz CT molecular complexity index is 535. The highest BCUT2D eigenvalue weighted by Gasteiger charge is 2.14. The number of rotatable bonds is 5. The summed E-state index contributed by atoms with van der Waals surface area (Å²) in [5, 5.41) is 15.0. The van der Waals surface area contributed by atoms with Crippen LogP contribution >= 0.6 is 34.8 Å². The second-order valence-electron chi connectivity index (χ2n) is 3.96.